The van der Waals surface area contributed by atoms with Gasteiger partial charge in [0.05, 0.1) is 0 Å². The minimum absolute atomic E-state index is 0.190. The molecule has 1 aromatic rings. The first-order valence-electron chi connectivity index (χ1n) is 6.95. The molecule has 1 aliphatic rings. The van der Waals surface area contributed by atoms with E-state index in [-0.39, 0.29) is 5.41 Å². The highest BCUT2D eigenvalue weighted by atomic mass is 15.2. The van der Waals surface area contributed by atoms with Gasteiger partial charge in [0.1, 0.15) is 0 Å². The number of pyridine rings is 1. The van der Waals surface area contributed by atoms with E-state index in [1.165, 1.54) is 25.2 Å². The molecule has 0 aromatic carbocycles. The summed E-state index contributed by atoms with van der Waals surface area (Å²) in [6, 6.07) is 6.23. The smallest absolute Gasteiger partial charge is 0.0459 e. The van der Waals surface area contributed by atoms with Crippen LogP contribution < -0.4 is 0 Å². The van der Waals surface area contributed by atoms with Crippen molar-refractivity contribution in [2.75, 3.05) is 13.1 Å². The van der Waals surface area contributed by atoms with Crippen LogP contribution in [-0.2, 0) is 5.41 Å². The molecule has 100 valence electrons. The highest BCUT2D eigenvalue weighted by Crippen LogP contribution is 2.35. The standard InChI is InChI=1S/C16H26N2/c1-15(2,3)18-11-13(12-18)10-16(4,5)14-8-6-7-9-17-14/h6-9,13H,10-12H2,1-5H3. The van der Waals surface area contributed by atoms with E-state index in [0.717, 1.165) is 5.92 Å². The summed E-state index contributed by atoms with van der Waals surface area (Å²) in [6.45, 7) is 14.0. The van der Waals surface area contributed by atoms with E-state index < -0.39 is 0 Å². The minimum Gasteiger partial charge on any atom is -0.298 e. The third kappa shape index (κ3) is 2.92. The van der Waals surface area contributed by atoms with E-state index in [1.807, 2.05) is 12.3 Å². The molecule has 1 fully saturated rings. The van der Waals surface area contributed by atoms with Crippen LogP contribution in [0.5, 0.6) is 0 Å². The van der Waals surface area contributed by atoms with Gasteiger partial charge in [-0.15, -0.1) is 0 Å². The zero-order valence-electron chi connectivity index (χ0n) is 12.4. The Kier molecular flexibility index (Phi) is 3.50. The van der Waals surface area contributed by atoms with Crippen LogP contribution in [0.4, 0.5) is 0 Å². The van der Waals surface area contributed by atoms with Gasteiger partial charge in [-0.25, -0.2) is 0 Å². The molecular formula is C16H26N2. The van der Waals surface area contributed by atoms with Crippen LogP contribution in [0.1, 0.15) is 46.7 Å². The van der Waals surface area contributed by atoms with Crippen LogP contribution in [0.2, 0.25) is 0 Å². The van der Waals surface area contributed by atoms with Gasteiger partial charge < -0.3 is 0 Å². The van der Waals surface area contributed by atoms with Crippen molar-refractivity contribution in [2.45, 2.75) is 52.0 Å². The number of hydrogen-bond donors (Lipinski definition) is 0. The van der Waals surface area contributed by atoms with Crippen LogP contribution in [0.3, 0.4) is 0 Å². The van der Waals surface area contributed by atoms with Gasteiger partial charge in [0.15, 0.2) is 0 Å². The van der Waals surface area contributed by atoms with Crippen molar-refractivity contribution in [2.24, 2.45) is 5.92 Å². The molecule has 0 radical (unpaired) electrons. The molecule has 18 heavy (non-hydrogen) atoms. The molecule has 0 saturated carbocycles. The van der Waals surface area contributed by atoms with Crippen LogP contribution in [-0.4, -0.2) is 28.5 Å². The number of rotatable bonds is 3. The lowest BCUT2D eigenvalue weighted by molar-refractivity contribution is 0.00220. The third-order valence-corrected chi connectivity index (χ3v) is 4.06. The lowest BCUT2D eigenvalue weighted by atomic mass is 9.76. The van der Waals surface area contributed by atoms with Gasteiger partial charge in [0.25, 0.3) is 0 Å². The molecule has 0 spiro atoms. The Labute approximate surface area is 111 Å². The second kappa shape index (κ2) is 4.65. The molecule has 2 heterocycles. The average Bonchev–Trinajstić information content (AvgIpc) is 2.22. The molecule has 1 aliphatic heterocycles. The van der Waals surface area contributed by atoms with Crippen molar-refractivity contribution in [1.82, 2.24) is 9.88 Å². The molecule has 0 bridgehead atoms. The van der Waals surface area contributed by atoms with E-state index in [1.54, 1.807) is 0 Å². The number of nitrogens with zero attached hydrogens (tertiary/aromatic N) is 2. The van der Waals surface area contributed by atoms with Gasteiger partial charge in [-0.2, -0.15) is 0 Å². The van der Waals surface area contributed by atoms with Crippen molar-refractivity contribution in [1.29, 1.82) is 0 Å². The molecule has 0 aliphatic carbocycles. The van der Waals surface area contributed by atoms with E-state index in [2.05, 4.69) is 56.6 Å². The Morgan fingerprint density at radius 3 is 2.33 bits per heavy atom. The van der Waals surface area contributed by atoms with E-state index in [4.69, 9.17) is 0 Å². The van der Waals surface area contributed by atoms with Crippen molar-refractivity contribution in [3.63, 3.8) is 0 Å². The van der Waals surface area contributed by atoms with E-state index in [0.29, 0.717) is 5.54 Å². The van der Waals surface area contributed by atoms with Crippen molar-refractivity contribution in [3.8, 4) is 0 Å². The maximum atomic E-state index is 4.52. The number of likely N-dealkylation sites (tertiary alicyclic amines) is 1. The molecule has 0 unspecified atom stereocenters. The normalized spacial score (nSPS) is 18.7. The maximum absolute atomic E-state index is 4.52. The SMILES string of the molecule is CC(C)(CC1CN(C(C)(C)C)C1)c1ccccn1. The third-order valence-electron chi connectivity index (χ3n) is 4.06. The van der Waals surface area contributed by atoms with Gasteiger partial charge >= 0.3 is 0 Å². The quantitative estimate of drug-likeness (QED) is 0.811. The Morgan fingerprint density at radius 1 is 1.17 bits per heavy atom. The summed E-state index contributed by atoms with van der Waals surface area (Å²) in [5.74, 6) is 0.821. The Hall–Kier alpha value is -0.890. The molecule has 1 saturated heterocycles. The Morgan fingerprint density at radius 2 is 1.83 bits per heavy atom. The molecule has 2 heteroatoms. The summed E-state index contributed by atoms with van der Waals surface area (Å²) in [7, 11) is 0. The fraction of sp³-hybridized carbons (Fsp3) is 0.688. The lowest BCUT2D eigenvalue weighted by Crippen LogP contribution is -2.56. The topological polar surface area (TPSA) is 16.1 Å². The summed E-state index contributed by atoms with van der Waals surface area (Å²) >= 11 is 0. The Balaban J connectivity index is 1.92. The van der Waals surface area contributed by atoms with Gasteiger partial charge in [-0.05, 0) is 45.2 Å². The summed E-state index contributed by atoms with van der Waals surface area (Å²) in [4.78, 5) is 7.08. The zero-order valence-corrected chi connectivity index (χ0v) is 12.4. The van der Waals surface area contributed by atoms with E-state index in [9.17, 15) is 0 Å². The molecule has 0 amide bonds. The molecule has 0 N–H and O–H groups in total. The van der Waals surface area contributed by atoms with Gasteiger partial charge in [-0.3, -0.25) is 9.88 Å². The fourth-order valence-electron chi connectivity index (χ4n) is 2.84. The second-order valence-corrected chi connectivity index (χ2v) is 7.24. The zero-order chi connectivity index (χ0) is 13.4. The predicted octanol–water partition coefficient (Wildman–Crippen LogP) is 3.48. The van der Waals surface area contributed by atoms with Crippen molar-refractivity contribution >= 4 is 0 Å². The Bertz CT molecular complexity index is 383. The number of hydrogen-bond acceptors (Lipinski definition) is 2. The molecule has 0 atom stereocenters. The van der Waals surface area contributed by atoms with Crippen molar-refractivity contribution in [3.05, 3.63) is 30.1 Å². The molecular weight excluding hydrogens is 220 g/mol. The van der Waals surface area contributed by atoms with Crippen LogP contribution in [0.15, 0.2) is 24.4 Å². The summed E-state index contributed by atoms with van der Waals surface area (Å²) in [5, 5.41) is 0. The van der Waals surface area contributed by atoms with Gasteiger partial charge in [0.2, 0.25) is 0 Å². The van der Waals surface area contributed by atoms with Crippen LogP contribution in [0, 0.1) is 5.92 Å². The second-order valence-electron chi connectivity index (χ2n) is 7.24. The first kappa shape index (κ1) is 13.5. The van der Waals surface area contributed by atoms with Gasteiger partial charge in [-0.1, -0.05) is 19.9 Å². The largest absolute Gasteiger partial charge is 0.298 e. The summed E-state index contributed by atoms with van der Waals surface area (Å²) < 4.78 is 0. The van der Waals surface area contributed by atoms with Crippen molar-refractivity contribution < 1.29 is 0 Å². The summed E-state index contributed by atoms with van der Waals surface area (Å²) in [5.41, 5.74) is 1.74. The lowest BCUT2D eigenvalue weighted by Gasteiger charge is -2.49. The number of aromatic nitrogens is 1. The first-order chi connectivity index (χ1) is 8.29. The maximum Gasteiger partial charge on any atom is 0.0459 e. The predicted molar refractivity (Wildman–Crippen MR) is 76.7 cm³/mol. The molecule has 2 nitrogen and oxygen atoms in total. The highest BCUT2D eigenvalue weighted by Gasteiger charge is 2.37. The minimum atomic E-state index is 0.190. The van der Waals surface area contributed by atoms with E-state index >= 15 is 0 Å². The molecule has 2 rings (SSSR count). The van der Waals surface area contributed by atoms with Gasteiger partial charge in [0, 0.05) is 35.9 Å². The monoisotopic (exact) mass is 246 g/mol. The van der Waals surface area contributed by atoms with Crippen LogP contribution in [0.25, 0.3) is 0 Å². The first-order valence-corrected chi connectivity index (χ1v) is 6.95. The fourth-order valence-corrected chi connectivity index (χ4v) is 2.84. The molecule has 1 aromatic heterocycles. The average molecular weight is 246 g/mol. The highest BCUT2D eigenvalue weighted by molar-refractivity contribution is 5.15. The summed E-state index contributed by atoms with van der Waals surface area (Å²) in [6.07, 6.45) is 3.13. The van der Waals surface area contributed by atoms with Crippen LogP contribution >= 0.6 is 0 Å².